The monoisotopic (exact) mass is 554 g/mol. The molecule has 1 aliphatic heterocycles. The van der Waals surface area contributed by atoms with E-state index in [1.807, 2.05) is 44.2 Å². The zero-order chi connectivity index (χ0) is 26.6. The second-order valence-electron chi connectivity index (χ2n) is 8.72. The summed E-state index contributed by atoms with van der Waals surface area (Å²) < 4.78 is 7.31. The van der Waals surface area contributed by atoms with Crippen molar-refractivity contribution >= 4 is 34.8 Å². The number of aryl methyl sites for hydroxylation is 1. The van der Waals surface area contributed by atoms with Gasteiger partial charge in [0.2, 0.25) is 0 Å². The van der Waals surface area contributed by atoms with E-state index in [-0.39, 0.29) is 12.1 Å². The maximum atomic E-state index is 13.4. The van der Waals surface area contributed by atoms with Crippen LogP contribution in [0.15, 0.2) is 48.9 Å². The fourth-order valence-electron chi connectivity index (χ4n) is 4.20. The third kappa shape index (κ3) is 5.69. The van der Waals surface area contributed by atoms with Gasteiger partial charge in [-0.25, -0.2) is 24.4 Å². The Morgan fingerprint density at radius 1 is 1.18 bits per heavy atom. The van der Waals surface area contributed by atoms with Crippen molar-refractivity contribution in [1.82, 2.24) is 35.1 Å². The van der Waals surface area contributed by atoms with Crippen LogP contribution in [0.5, 0.6) is 0 Å². The number of hydrogen-bond acceptors (Lipinski definition) is 9. The average Bonchev–Trinajstić information content (AvgIpc) is 3.61. The first-order valence-corrected chi connectivity index (χ1v) is 13.2. The Kier molecular flexibility index (Phi) is 7.95. The number of para-hydroxylation sites is 1. The molecular weight excluding hydrogens is 528 g/mol. The van der Waals surface area contributed by atoms with Gasteiger partial charge < -0.3 is 10.1 Å². The number of aromatic nitrogens is 5. The highest BCUT2D eigenvalue weighted by atomic mass is 35.5. The van der Waals surface area contributed by atoms with Gasteiger partial charge in [0.05, 0.1) is 23.2 Å². The number of hydroxylamine groups is 2. The molecule has 0 unspecified atom stereocenters. The molecule has 0 saturated carbocycles. The van der Waals surface area contributed by atoms with Crippen molar-refractivity contribution in [1.29, 1.82) is 0 Å². The number of hydrogen-bond donors (Lipinski definition) is 2. The lowest BCUT2D eigenvalue weighted by atomic mass is 10.1. The lowest BCUT2D eigenvalue weighted by Crippen LogP contribution is -2.42. The van der Waals surface area contributed by atoms with Gasteiger partial charge in [0.15, 0.2) is 4.47 Å². The van der Waals surface area contributed by atoms with E-state index in [0.29, 0.717) is 41.5 Å². The molecule has 0 spiro atoms. The molecule has 0 aliphatic carbocycles. The molecule has 3 aromatic heterocycles. The molecule has 1 saturated heterocycles. The summed E-state index contributed by atoms with van der Waals surface area (Å²) in [5, 5.41) is 12.7. The fraction of sp³-hybridized carbons (Fsp3) is 0.320. The Bertz CT molecular complexity index is 1400. The Morgan fingerprint density at radius 2 is 1.95 bits per heavy atom. The second kappa shape index (κ2) is 11.5. The number of anilines is 1. The number of urea groups is 1. The number of thiazole rings is 1. The lowest BCUT2D eigenvalue weighted by Gasteiger charge is -2.18. The number of carbonyl (C=O) groups excluding carboxylic acids is 1. The van der Waals surface area contributed by atoms with Crippen LogP contribution in [0.4, 0.5) is 10.6 Å². The Hall–Kier alpha value is -3.42. The summed E-state index contributed by atoms with van der Waals surface area (Å²) in [4.78, 5) is 33.0. The molecule has 38 heavy (non-hydrogen) atoms. The Morgan fingerprint density at radius 3 is 2.63 bits per heavy atom. The van der Waals surface area contributed by atoms with Crippen LogP contribution in [0.25, 0.3) is 16.9 Å². The van der Waals surface area contributed by atoms with E-state index in [4.69, 9.17) is 26.3 Å². The standard InChI is InChI=1S/C25H27ClN8O3S/c1-15-21(17-11-27-16(2)28-12-17)32-34(18-7-5-4-6-8-18)23(15)31-25(35)30-19-14-33(9-10-36-3)37-22(19)20-13-29-24(26)38-20/h4-8,11-13,19,22H,9-10,14H2,1-3H3,(H2,30,31,35)/t19-,22-/m1/s1. The van der Waals surface area contributed by atoms with Crippen LogP contribution in [0, 0.1) is 13.8 Å². The minimum Gasteiger partial charge on any atom is -0.383 e. The zero-order valence-corrected chi connectivity index (χ0v) is 22.7. The van der Waals surface area contributed by atoms with E-state index in [2.05, 4.69) is 25.6 Å². The van der Waals surface area contributed by atoms with Gasteiger partial charge in [-0.05, 0) is 26.0 Å². The third-order valence-corrected chi connectivity index (χ3v) is 7.25. The van der Waals surface area contributed by atoms with Crippen molar-refractivity contribution in [3.63, 3.8) is 0 Å². The highest BCUT2D eigenvalue weighted by Gasteiger charge is 2.38. The van der Waals surface area contributed by atoms with Crippen LogP contribution < -0.4 is 10.6 Å². The minimum absolute atomic E-state index is 0.346. The summed E-state index contributed by atoms with van der Waals surface area (Å²) in [6, 6.07) is 8.87. The van der Waals surface area contributed by atoms with E-state index in [9.17, 15) is 4.79 Å². The van der Waals surface area contributed by atoms with E-state index in [1.165, 1.54) is 11.3 Å². The van der Waals surface area contributed by atoms with Gasteiger partial charge in [-0.2, -0.15) is 10.2 Å². The summed E-state index contributed by atoms with van der Waals surface area (Å²) in [5.41, 5.74) is 3.02. The smallest absolute Gasteiger partial charge is 0.320 e. The molecule has 11 nitrogen and oxygen atoms in total. The SMILES string of the molecule is COCCN1C[C@@H](NC(=O)Nc2c(C)c(-c3cnc(C)nc3)nn2-c2ccccc2)[C@H](c2cnc(Cl)s2)O1. The van der Waals surface area contributed by atoms with Crippen molar-refractivity contribution in [2.75, 3.05) is 32.1 Å². The molecule has 13 heteroatoms. The van der Waals surface area contributed by atoms with Crippen molar-refractivity contribution in [2.45, 2.75) is 26.0 Å². The molecule has 198 valence electrons. The van der Waals surface area contributed by atoms with Gasteiger partial charge in [0, 0.05) is 49.9 Å². The number of carbonyl (C=O) groups is 1. The van der Waals surface area contributed by atoms with Gasteiger partial charge in [0.25, 0.3) is 0 Å². The summed E-state index contributed by atoms with van der Waals surface area (Å²) in [6.45, 7) is 5.26. The van der Waals surface area contributed by atoms with Crippen LogP contribution >= 0.6 is 22.9 Å². The fourth-order valence-corrected chi connectivity index (χ4v) is 5.24. The first-order valence-electron chi connectivity index (χ1n) is 12.0. The molecule has 1 aromatic carbocycles. The molecule has 5 rings (SSSR count). The van der Waals surface area contributed by atoms with Crippen molar-refractivity contribution in [2.24, 2.45) is 0 Å². The summed E-state index contributed by atoms with van der Waals surface area (Å²) in [5.74, 6) is 1.21. The van der Waals surface area contributed by atoms with Crippen LogP contribution in [-0.4, -0.2) is 68.7 Å². The largest absolute Gasteiger partial charge is 0.383 e. The zero-order valence-electron chi connectivity index (χ0n) is 21.1. The number of benzene rings is 1. The normalized spacial score (nSPS) is 17.6. The molecule has 2 amide bonds. The van der Waals surface area contributed by atoms with Gasteiger partial charge in [-0.1, -0.05) is 29.8 Å². The molecule has 4 heterocycles. The minimum atomic E-state index is -0.428. The van der Waals surface area contributed by atoms with Crippen LogP contribution in [0.1, 0.15) is 22.4 Å². The number of methoxy groups -OCH3 is 1. The summed E-state index contributed by atoms with van der Waals surface area (Å²) >= 11 is 7.40. The maximum absolute atomic E-state index is 13.4. The van der Waals surface area contributed by atoms with E-state index in [0.717, 1.165) is 21.7 Å². The highest BCUT2D eigenvalue weighted by Crippen LogP contribution is 2.34. The Labute approximate surface area is 228 Å². The van der Waals surface area contributed by atoms with Gasteiger partial charge in [-0.3, -0.25) is 10.2 Å². The number of halogens is 1. The van der Waals surface area contributed by atoms with Crippen molar-refractivity contribution < 1.29 is 14.4 Å². The first-order chi connectivity index (χ1) is 18.4. The number of nitrogens with zero attached hydrogens (tertiary/aromatic N) is 6. The quantitative estimate of drug-likeness (QED) is 0.333. The third-order valence-electron chi connectivity index (χ3n) is 6.07. The molecule has 1 fully saturated rings. The molecule has 4 aromatic rings. The summed E-state index contributed by atoms with van der Waals surface area (Å²) in [7, 11) is 1.63. The number of amides is 2. The number of nitrogens with one attached hydrogen (secondary N) is 2. The predicted molar refractivity (Wildman–Crippen MR) is 144 cm³/mol. The molecule has 0 radical (unpaired) electrons. The Balaban J connectivity index is 1.41. The van der Waals surface area contributed by atoms with E-state index < -0.39 is 6.10 Å². The predicted octanol–water partition coefficient (Wildman–Crippen LogP) is 4.18. The highest BCUT2D eigenvalue weighted by molar-refractivity contribution is 7.15. The van der Waals surface area contributed by atoms with Crippen LogP contribution in [0.2, 0.25) is 4.47 Å². The van der Waals surface area contributed by atoms with Gasteiger partial charge in [0.1, 0.15) is 23.4 Å². The van der Waals surface area contributed by atoms with Crippen LogP contribution in [0.3, 0.4) is 0 Å². The van der Waals surface area contributed by atoms with E-state index >= 15 is 0 Å². The molecule has 0 bridgehead atoms. The van der Waals surface area contributed by atoms with Crippen LogP contribution in [-0.2, 0) is 9.57 Å². The maximum Gasteiger partial charge on any atom is 0.320 e. The molecular formula is C25H27ClN8O3S. The van der Waals surface area contributed by atoms with Crippen molar-refractivity contribution in [3.05, 3.63) is 69.7 Å². The molecule has 1 aliphatic rings. The van der Waals surface area contributed by atoms with Gasteiger partial charge >= 0.3 is 6.03 Å². The number of ether oxygens (including phenoxy) is 1. The number of rotatable bonds is 8. The molecule has 2 atom stereocenters. The summed E-state index contributed by atoms with van der Waals surface area (Å²) in [6.07, 6.45) is 4.70. The van der Waals surface area contributed by atoms with E-state index in [1.54, 1.807) is 35.4 Å². The lowest BCUT2D eigenvalue weighted by molar-refractivity contribution is -0.153. The average molecular weight is 555 g/mol. The first kappa shape index (κ1) is 26.2. The van der Waals surface area contributed by atoms with Gasteiger partial charge in [-0.15, -0.1) is 11.3 Å². The van der Waals surface area contributed by atoms with Crippen molar-refractivity contribution in [3.8, 4) is 16.9 Å². The topological polar surface area (TPSA) is 119 Å². The second-order valence-corrected chi connectivity index (χ2v) is 10.4. The molecule has 2 N–H and O–H groups in total.